The van der Waals surface area contributed by atoms with Crippen LogP contribution in [0.25, 0.3) is 5.69 Å². The van der Waals surface area contributed by atoms with Gasteiger partial charge in [-0.3, -0.25) is 9.59 Å². The molecule has 0 bridgehead atoms. The third-order valence-corrected chi connectivity index (χ3v) is 4.43. The number of nitrogens with one attached hydrogen (secondary N) is 2. The van der Waals surface area contributed by atoms with Crippen molar-refractivity contribution in [1.82, 2.24) is 15.3 Å². The van der Waals surface area contributed by atoms with Crippen molar-refractivity contribution >= 4 is 41.2 Å². The van der Waals surface area contributed by atoms with E-state index in [9.17, 15) is 9.59 Å². The number of carbonyl (C=O) groups is 2. The first-order valence-corrected chi connectivity index (χ1v) is 9.67. The molecule has 0 saturated carbocycles. The summed E-state index contributed by atoms with van der Waals surface area (Å²) in [6, 6.07) is 7.27. The number of hydrogen-bond donors (Lipinski definition) is 2. The molecule has 8 heteroatoms. The molecule has 6 nitrogen and oxygen atoms in total. The fourth-order valence-electron chi connectivity index (χ4n) is 2.72. The maximum atomic E-state index is 11.8. The van der Waals surface area contributed by atoms with Gasteiger partial charge in [-0.05, 0) is 44.0 Å². The van der Waals surface area contributed by atoms with E-state index in [0.717, 1.165) is 22.6 Å². The van der Waals surface area contributed by atoms with E-state index in [2.05, 4.69) is 15.8 Å². The highest BCUT2D eigenvalue weighted by atomic mass is 35.5. The molecule has 0 radical (unpaired) electrons. The van der Waals surface area contributed by atoms with E-state index >= 15 is 0 Å². The molecule has 0 aliphatic heterocycles. The first kappa shape index (κ1) is 22.0. The summed E-state index contributed by atoms with van der Waals surface area (Å²) in [4.78, 5) is 23.5. The number of rotatable bonds is 7. The highest BCUT2D eigenvalue weighted by molar-refractivity contribution is 6.34. The molecule has 0 aliphatic carbocycles. The van der Waals surface area contributed by atoms with Crippen LogP contribution in [0.5, 0.6) is 0 Å². The maximum Gasteiger partial charge on any atom is 0.249 e. The lowest BCUT2D eigenvalue weighted by atomic mass is 10.2. The van der Waals surface area contributed by atoms with Crippen LogP contribution in [0.4, 0.5) is 0 Å². The van der Waals surface area contributed by atoms with E-state index in [1.54, 1.807) is 12.3 Å². The molecule has 2 rings (SSSR count). The topological polar surface area (TPSA) is 75.5 Å². The number of amides is 2. The Hall–Kier alpha value is -2.31. The minimum atomic E-state index is -0.465. The van der Waals surface area contributed by atoms with Crippen molar-refractivity contribution in [3.63, 3.8) is 0 Å². The molecule has 1 aromatic carbocycles. The van der Waals surface area contributed by atoms with Gasteiger partial charge in [-0.2, -0.15) is 5.10 Å². The fourth-order valence-corrected chi connectivity index (χ4v) is 3.24. The first-order valence-electron chi connectivity index (χ1n) is 8.91. The minimum absolute atomic E-state index is 0.260. The molecule has 0 aliphatic rings. The van der Waals surface area contributed by atoms with Gasteiger partial charge in [0, 0.05) is 39.2 Å². The summed E-state index contributed by atoms with van der Waals surface area (Å²) in [7, 11) is 0. The molecular formula is C20H24Cl2N4O2. The second kappa shape index (κ2) is 9.75. The van der Waals surface area contributed by atoms with Crippen LogP contribution in [0.3, 0.4) is 0 Å². The van der Waals surface area contributed by atoms with Crippen LogP contribution in [0.1, 0.15) is 37.2 Å². The molecule has 2 N–H and O–H groups in total. The van der Waals surface area contributed by atoms with Crippen molar-refractivity contribution in [3.8, 4) is 5.69 Å². The van der Waals surface area contributed by atoms with E-state index < -0.39 is 5.91 Å². The highest BCUT2D eigenvalue weighted by Gasteiger charge is 2.12. The predicted molar refractivity (Wildman–Crippen MR) is 113 cm³/mol. The van der Waals surface area contributed by atoms with E-state index in [1.165, 1.54) is 0 Å². The molecule has 150 valence electrons. The summed E-state index contributed by atoms with van der Waals surface area (Å²) in [6.45, 7) is 8.40. The number of nitrogens with zero attached hydrogens (tertiary/aromatic N) is 2. The van der Waals surface area contributed by atoms with Gasteiger partial charge < -0.3 is 9.88 Å². The Morgan fingerprint density at radius 3 is 2.36 bits per heavy atom. The Morgan fingerprint density at radius 2 is 1.75 bits per heavy atom. The van der Waals surface area contributed by atoms with E-state index in [4.69, 9.17) is 23.2 Å². The average molecular weight is 423 g/mol. The third kappa shape index (κ3) is 6.11. The lowest BCUT2D eigenvalue weighted by Gasteiger charge is -2.10. The smallest absolute Gasteiger partial charge is 0.249 e. The Kier molecular flexibility index (Phi) is 7.66. The number of carbonyl (C=O) groups excluding carboxylic acids is 2. The number of aryl methyl sites for hydroxylation is 1. The van der Waals surface area contributed by atoms with Crippen LogP contribution < -0.4 is 10.7 Å². The Morgan fingerprint density at radius 1 is 1.11 bits per heavy atom. The maximum absolute atomic E-state index is 11.8. The Labute approximate surface area is 174 Å². The summed E-state index contributed by atoms with van der Waals surface area (Å²) in [5.41, 5.74) is 5.95. The van der Waals surface area contributed by atoms with Gasteiger partial charge in [-0.25, -0.2) is 5.43 Å². The van der Waals surface area contributed by atoms with Crippen molar-refractivity contribution in [2.24, 2.45) is 11.0 Å². The largest absolute Gasteiger partial charge is 0.355 e. The van der Waals surface area contributed by atoms with Gasteiger partial charge in [0.05, 0.1) is 6.21 Å². The van der Waals surface area contributed by atoms with Crippen LogP contribution in [0.15, 0.2) is 29.4 Å². The van der Waals surface area contributed by atoms with Gasteiger partial charge in [0.2, 0.25) is 11.8 Å². The zero-order chi connectivity index (χ0) is 20.8. The molecular weight excluding hydrogens is 399 g/mol. The van der Waals surface area contributed by atoms with Crippen LogP contribution in [0, 0.1) is 19.8 Å². The Balaban J connectivity index is 2.05. The van der Waals surface area contributed by atoms with Crippen molar-refractivity contribution in [3.05, 3.63) is 51.3 Å². The standard InChI is InChI=1S/C20H24Cl2N4O2/c1-12(2)10-23-19(27)9-20(28)25-24-11-15-5-13(3)26(14(15)4)18-7-16(21)6-17(22)8-18/h5-8,11-12H,9-10H2,1-4H3,(H,23,27)(H,25,28)/b24-11+. The van der Waals surface area contributed by atoms with Gasteiger partial charge in [0.25, 0.3) is 0 Å². The molecule has 0 spiro atoms. The van der Waals surface area contributed by atoms with Crippen LogP contribution in [-0.4, -0.2) is 29.1 Å². The minimum Gasteiger partial charge on any atom is -0.355 e. The van der Waals surface area contributed by atoms with Gasteiger partial charge >= 0.3 is 0 Å². The van der Waals surface area contributed by atoms with Crippen molar-refractivity contribution in [1.29, 1.82) is 0 Å². The van der Waals surface area contributed by atoms with Crippen LogP contribution in [0.2, 0.25) is 10.0 Å². The van der Waals surface area contributed by atoms with Gasteiger partial charge in [-0.1, -0.05) is 37.0 Å². The molecule has 1 aromatic heterocycles. The molecule has 2 amide bonds. The number of hydrogen-bond acceptors (Lipinski definition) is 3. The van der Waals surface area contributed by atoms with E-state index in [0.29, 0.717) is 22.5 Å². The average Bonchev–Trinajstić information content (AvgIpc) is 2.86. The second-order valence-electron chi connectivity index (χ2n) is 6.96. The van der Waals surface area contributed by atoms with Crippen LogP contribution >= 0.6 is 23.2 Å². The summed E-state index contributed by atoms with van der Waals surface area (Å²) >= 11 is 12.2. The monoisotopic (exact) mass is 422 g/mol. The summed E-state index contributed by atoms with van der Waals surface area (Å²) in [5.74, 6) is -0.458. The number of halogens is 2. The zero-order valence-corrected chi connectivity index (χ0v) is 17.9. The zero-order valence-electron chi connectivity index (χ0n) is 16.3. The molecule has 0 fully saturated rings. The van der Waals surface area contributed by atoms with Crippen molar-refractivity contribution in [2.75, 3.05) is 6.54 Å². The van der Waals surface area contributed by atoms with Crippen molar-refractivity contribution < 1.29 is 9.59 Å². The number of hydrazone groups is 1. The van der Waals surface area contributed by atoms with E-state index in [-0.39, 0.29) is 12.3 Å². The third-order valence-electron chi connectivity index (χ3n) is 4.00. The Bertz CT molecular complexity index is 884. The molecule has 0 saturated heterocycles. The summed E-state index contributed by atoms with van der Waals surface area (Å²) in [5, 5.41) is 7.75. The second-order valence-corrected chi connectivity index (χ2v) is 7.83. The first-order chi connectivity index (χ1) is 13.2. The normalized spacial score (nSPS) is 11.2. The SMILES string of the molecule is Cc1cc(/C=N/NC(=O)CC(=O)NCC(C)C)c(C)n1-c1cc(Cl)cc(Cl)c1. The number of aromatic nitrogens is 1. The fraction of sp³-hybridized carbons (Fsp3) is 0.350. The quantitative estimate of drug-likeness (QED) is 0.401. The van der Waals surface area contributed by atoms with E-state index in [1.807, 2.05) is 50.5 Å². The molecule has 0 unspecified atom stereocenters. The number of benzene rings is 1. The molecule has 0 atom stereocenters. The molecule has 28 heavy (non-hydrogen) atoms. The van der Waals surface area contributed by atoms with Gasteiger partial charge in [0.15, 0.2) is 0 Å². The summed E-state index contributed by atoms with van der Waals surface area (Å²) < 4.78 is 2.00. The van der Waals surface area contributed by atoms with Gasteiger partial charge in [-0.15, -0.1) is 0 Å². The lowest BCUT2D eigenvalue weighted by molar-refractivity contribution is -0.129. The molecule has 1 heterocycles. The molecule has 2 aromatic rings. The van der Waals surface area contributed by atoms with Gasteiger partial charge in [0.1, 0.15) is 6.42 Å². The van der Waals surface area contributed by atoms with Crippen molar-refractivity contribution in [2.45, 2.75) is 34.1 Å². The predicted octanol–water partition coefficient (Wildman–Crippen LogP) is 4.01. The highest BCUT2D eigenvalue weighted by Crippen LogP contribution is 2.25. The summed E-state index contributed by atoms with van der Waals surface area (Å²) in [6.07, 6.45) is 1.29. The lowest BCUT2D eigenvalue weighted by Crippen LogP contribution is -2.32. The van der Waals surface area contributed by atoms with Crippen LogP contribution in [-0.2, 0) is 9.59 Å².